The van der Waals surface area contributed by atoms with Gasteiger partial charge in [-0.2, -0.15) is 0 Å². The molecule has 6 heteroatoms. The van der Waals surface area contributed by atoms with Gasteiger partial charge in [-0.3, -0.25) is 0 Å². The standard InChI is InChI=1S/C15H9ClF2N2O/c16-11-6-2-5-10(13(11)18)12-14(21-20-15(12)19)8-3-1-4-9(17)7-8/h1-7H,(H2,19,20). The number of hydrogen-bond acceptors (Lipinski definition) is 3. The van der Waals surface area contributed by atoms with Crippen molar-refractivity contribution in [2.75, 3.05) is 5.73 Å². The van der Waals surface area contributed by atoms with Crippen molar-refractivity contribution in [1.82, 2.24) is 5.16 Å². The maximum absolute atomic E-state index is 14.2. The summed E-state index contributed by atoms with van der Waals surface area (Å²) in [6, 6.07) is 10.2. The Bertz CT molecular complexity index is 817. The minimum atomic E-state index is -0.633. The van der Waals surface area contributed by atoms with Gasteiger partial charge >= 0.3 is 0 Å². The summed E-state index contributed by atoms with van der Waals surface area (Å²) in [6.45, 7) is 0. The monoisotopic (exact) mass is 306 g/mol. The summed E-state index contributed by atoms with van der Waals surface area (Å²) < 4.78 is 32.7. The van der Waals surface area contributed by atoms with Crippen LogP contribution in [-0.4, -0.2) is 5.16 Å². The lowest BCUT2D eigenvalue weighted by Crippen LogP contribution is -1.92. The molecular formula is C15H9ClF2N2O. The van der Waals surface area contributed by atoms with Crippen molar-refractivity contribution in [1.29, 1.82) is 0 Å². The first-order valence-electron chi connectivity index (χ1n) is 6.03. The molecule has 0 atom stereocenters. The van der Waals surface area contributed by atoms with Crippen molar-refractivity contribution in [3.05, 3.63) is 59.1 Å². The zero-order valence-corrected chi connectivity index (χ0v) is 11.4. The molecule has 3 rings (SSSR count). The number of nitrogens with two attached hydrogens (primary N) is 1. The number of nitrogens with zero attached hydrogens (tertiary/aromatic N) is 1. The zero-order chi connectivity index (χ0) is 15.0. The molecule has 0 spiro atoms. The molecular weight excluding hydrogens is 298 g/mol. The molecule has 0 saturated carbocycles. The van der Waals surface area contributed by atoms with Gasteiger partial charge in [-0.05, 0) is 18.2 Å². The fourth-order valence-electron chi connectivity index (χ4n) is 2.09. The van der Waals surface area contributed by atoms with E-state index in [-0.39, 0.29) is 27.7 Å². The molecule has 106 valence electrons. The van der Waals surface area contributed by atoms with Gasteiger partial charge in [-0.15, -0.1) is 0 Å². The third kappa shape index (κ3) is 2.36. The highest BCUT2D eigenvalue weighted by molar-refractivity contribution is 6.31. The van der Waals surface area contributed by atoms with Crippen LogP contribution in [0.5, 0.6) is 0 Å². The Kier molecular flexibility index (Phi) is 3.35. The molecule has 2 aromatic carbocycles. The van der Waals surface area contributed by atoms with E-state index in [1.807, 2.05) is 0 Å². The molecule has 21 heavy (non-hydrogen) atoms. The van der Waals surface area contributed by atoms with E-state index in [9.17, 15) is 8.78 Å². The number of aromatic nitrogens is 1. The van der Waals surface area contributed by atoms with E-state index in [1.165, 1.54) is 30.3 Å². The third-order valence-corrected chi connectivity index (χ3v) is 3.32. The highest BCUT2D eigenvalue weighted by Gasteiger charge is 2.21. The largest absolute Gasteiger partial charge is 0.380 e. The van der Waals surface area contributed by atoms with Crippen LogP contribution in [0.3, 0.4) is 0 Å². The topological polar surface area (TPSA) is 52.0 Å². The predicted octanol–water partition coefficient (Wildman–Crippen LogP) is 4.52. The molecule has 0 amide bonds. The summed E-state index contributed by atoms with van der Waals surface area (Å²) in [5.74, 6) is -0.879. The van der Waals surface area contributed by atoms with E-state index in [4.69, 9.17) is 21.9 Å². The minimum Gasteiger partial charge on any atom is -0.380 e. The van der Waals surface area contributed by atoms with Crippen LogP contribution >= 0.6 is 11.6 Å². The van der Waals surface area contributed by atoms with Crippen LogP contribution in [0.25, 0.3) is 22.5 Å². The predicted molar refractivity (Wildman–Crippen MR) is 76.7 cm³/mol. The molecule has 2 N–H and O–H groups in total. The highest BCUT2D eigenvalue weighted by atomic mass is 35.5. The first kappa shape index (κ1) is 13.6. The Balaban J connectivity index is 2.25. The van der Waals surface area contributed by atoms with E-state index >= 15 is 0 Å². The number of halogens is 3. The van der Waals surface area contributed by atoms with Crippen LogP contribution in [0.1, 0.15) is 0 Å². The smallest absolute Gasteiger partial charge is 0.177 e. The summed E-state index contributed by atoms with van der Waals surface area (Å²) in [6.07, 6.45) is 0. The fraction of sp³-hybridized carbons (Fsp3) is 0. The molecule has 0 bridgehead atoms. The van der Waals surface area contributed by atoms with Crippen LogP contribution in [0.2, 0.25) is 5.02 Å². The molecule has 0 aliphatic carbocycles. The third-order valence-electron chi connectivity index (χ3n) is 3.03. The van der Waals surface area contributed by atoms with Gasteiger partial charge in [0.25, 0.3) is 0 Å². The molecule has 0 saturated heterocycles. The van der Waals surface area contributed by atoms with Crippen molar-refractivity contribution in [3.63, 3.8) is 0 Å². The Morgan fingerprint density at radius 1 is 1.10 bits per heavy atom. The van der Waals surface area contributed by atoms with E-state index in [0.717, 1.165) is 0 Å². The van der Waals surface area contributed by atoms with Crippen LogP contribution in [0.15, 0.2) is 47.0 Å². The Labute approximate surface area is 123 Å². The van der Waals surface area contributed by atoms with E-state index in [2.05, 4.69) is 5.16 Å². The van der Waals surface area contributed by atoms with Gasteiger partial charge in [0.2, 0.25) is 0 Å². The first-order chi connectivity index (χ1) is 10.1. The van der Waals surface area contributed by atoms with Gasteiger partial charge in [-0.25, -0.2) is 8.78 Å². The van der Waals surface area contributed by atoms with Crippen molar-refractivity contribution in [2.24, 2.45) is 0 Å². The van der Waals surface area contributed by atoms with Crippen molar-refractivity contribution in [3.8, 4) is 22.5 Å². The summed E-state index contributed by atoms with van der Waals surface area (Å²) in [4.78, 5) is 0. The van der Waals surface area contributed by atoms with Gasteiger partial charge in [0, 0.05) is 11.1 Å². The van der Waals surface area contributed by atoms with Gasteiger partial charge in [0.1, 0.15) is 11.6 Å². The molecule has 3 aromatic rings. The van der Waals surface area contributed by atoms with E-state index in [0.29, 0.717) is 5.56 Å². The summed E-state index contributed by atoms with van der Waals surface area (Å²) in [7, 11) is 0. The average Bonchev–Trinajstić information content (AvgIpc) is 2.84. The fourth-order valence-corrected chi connectivity index (χ4v) is 2.26. The summed E-state index contributed by atoms with van der Waals surface area (Å²) >= 11 is 5.78. The van der Waals surface area contributed by atoms with E-state index < -0.39 is 11.6 Å². The van der Waals surface area contributed by atoms with Gasteiger partial charge in [0.05, 0.1) is 10.6 Å². The number of hydrogen-bond donors (Lipinski definition) is 1. The quantitative estimate of drug-likeness (QED) is 0.757. The molecule has 0 radical (unpaired) electrons. The second-order valence-electron chi connectivity index (χ2n) is 4.38. The maximum atomic E-state index is 14.2. The number of rotatable bonds is 2. The van der Waals surface area contributed by atoms with Crippen molar-refractivity contribution < 1.29 is 13.3 Å². The van der Waals surface area contributed by atoms with Crippen molar-refractivity contribution >= 4 is 17.4 Å². The number of anilines is 1. The van der Waals surface area contributed by atoms with Gasteiger partial charge < -0.3 is 10.3 Å². The second kappa shape index (κ2) is 5.18. The highest BCUT2D eigenvalue weighted by Crippen LogP contribution is 2.39. The van der Waals surface area contributed by atoms with Crippen LogP contribution in [0, 0.1) is 11.6 Å². The minimum absolute atomic E-state index is 0.00966. The Morgan fingerprint density at radius 2 is 1.86 bits per heavy atom. The summed E-state index contributed by atoms with van der Waals surface area (Å²) in [5, 5.41) is 3.60. The van der Waals surface area contributed by atoms with Crippen LogP contribution in [0.4, 0.5) is 14.6 Å². The molecule has 0 aliphatic rings. The van der Waals surface area contributed by atoms with Crippen LogP contribution in [-0.2, 0) is 0 Å². The lowest BCUT2D eigenvalue weighted by molar-refractivity contribution is 0.435. The molecule has 0 fully saturated rings. The molecule has 1 heterocycles. The number of nitrogen functional groups attached to an aromatic ring is 1. The Hall–Kier alpha value is -2.40. The molecule has 0 aliphatic heterocycles. The molecule has 0 unspecified atom stereocenters. The lowest BCUT2D eigenvalue weighted by atomic mass is 10.0. The first-order valence-corrected chi connectivity index (χ1v) is 6.41. The normalized spacial score (nSPS) is 10.8. The molecule has 1 aromatic heterocycles. The second-order valence-corrected chi connectivity index (χ2v) is 4.79. The lowest BCUT2D eigenvalue weighted by Gasteiger charge is -2.05. The van der Waals surface area contributed by atoms with E-state index in [1.54, 1.807) is 12.1 Å². The Morgan fingerprint density at radius 3 is 2.62 bits per heavy atom. The average molecular weight is 307 g/mol. The maximum Gasteiger partial charge on any atom is 0.177 e. The van der Waals surface area contributed by atoms with Gasteiger partial charge in [0.15, 0.2) is 11.6 Å². The van der Waals surface area contributed by atoms with Gasteiger partial charge in [-0.1, -0.05) is 41.0 Å². The zero-order valence-electron chi connectivity index (χ0n) is 10.6. The number of benzene rings is 2. The van der Waals surface area contributed by atoms with Crippen molar-refractivity contribution in [2.45, 2.75) is 0 Å². The SMILES string of the molecule is Nc1noc(-c2cccc(F)c2)c1-c1cccc(Cl)c1F. The summed E-state index contributed by atoms with van der Waals surface area (Å²) in [5.41, 5.74) is 6.57. The van der Waals surface area contributed by atoms with Crippen LogP contribution < -0.4 is 5.73 Å². The molecule has 3 nitrogen and oxygen atoms in total.